The molecule has 1 aromatic rings. The van der Waals surface area contributed by atoms with Crippen LogP contribution >= 0.6 is 11.8 Å². The summed E-state index contributed by atoms with van der Waals surface area (Å²) in [5.41, 5.74) is 0. The summed E-state index contributed by atoms with van der Waals surface area (Å²) in [5, 5.41) is 0. The van der Waals surface area contributed by atoms with Crippen molar-refractivity contribution >= 4 is 11.8 Å². The number of hydrogen-bond acceptors (Lipinski definition) is 2. The molecule has 0 aliphatic heterocycles. The second-order valence-corrected chi connectivity index (χ2v) is 4.00. The molecule has 84 valence electrons. The van der Waals surface area contributed by atoms with Crippen LogP contribution in [0.25, 0.3) is 0 Å². The molecule has 5 heteroatoms. The zero-order valence-electron chi connectivity index (χ0n) is 7.96. The molecule has 0 fully saturated rings. The van der Waals surface area contributed by atoms with E-state index >= 15 is 0 Å². The van der Waals surface area contributed by atoms with Gasteiger partial charge in [0.2, 0.25) is 0 Å². The van der Waals surface area contributed by atoms with Gasteiger partial charge in [-0.1, -0.05) is 18.2 Å². The lowest BCUT2D eigenvalue weighted by molar-refractivity contribution is -0.172. The van der Waals surface area contributed by atoms with Gasteiger partial charge in [-0.25, -0.2) is 0 Å². The molecule has 1 nitrogen and oxygen atoms in total. The van der Waals surface area contributed by atoms with Crippen molar-refractivity contribution in [3.8, 4) is 0 Å². The van der Waals surface area contributed by atoms with Gasteiger partial charge in [-0.3, -0.25) is 0 Å². The summed E-state index contributed by atoms with van der Waals surface area (Å²) < 4.78 is 39.5. The zero-order chi connectivity index (χ0) is 11.1. The van der Waals surface area contributed by atoms with Gasteiger partial charge in [-0.15, -0.1) is 11.8 Å². The van der Waals surface area contributed by atoms with E-state index in [0.29, 0.717) is 5.75 Å². The van der Waals surface area contributed by atoms with Crippen molar-refractivity contribution in [2.75, 3.05) is 19.0 Å². The fourth-order valence-electron chi connectivity index (χ4n) is 0.923. The van der Waals surface area contributed by atoms with E-state index in [0.717, 1.165) is 4.90 Å². The van der Waals surface area contributed by atoms with Crippen LogP contribution in [0.3, 0.4) is 0 Å². The van der Waals surface area contributed by atoms with E-state index in [1.165, 1.54) is 11.8 Å². The van der Waals surface area contributed by atoms with Gasteiger partial charge >= 0.3 is 6.18 Å². The minimum atomic E-state index is -4.22. The largest absolute Gasteiger partial charge is 0.411 e. The Morgan fingerprint density at radius 1 is 1.13 bits per heavy atom. The van der Waals surface area contributed by atoms with E-state index in [9.17, 15) is 13.2 Å². The van der Waals surface area contributed by atoms with E-state index < -0.39 is 12.8 Å². The standard InChI is InChI=1S/C10H11F3OS/c11-10(12,13)8-14-6-7-15-9-4-2-1-3-5-9/h1-5H,6-8H2. The summed E-state index contributed by atoms with van der Waals surface area (Å²) >= 11 is 1.48. The third kappa shape index (κ3) is 6.41. The number of hydrogen-bond donors (Lipinski definition) is 0. The van der Waals surface area contributed by atoms with Crippen LogP contribution in [0.15, 0.2) is 35.2 Å². The Morgan fingerprint density at radius 3 is 2.40 bits per heavy atom. The summed E-state index contributed by atoms with van der Waals surface area (Å²) in [6, 6.07) is 9.49. The Morgan fingerprint density at radius 2 is 1.80 bits per heavy atom. The first-order valence-electron chi connectivity index (χ1n) is 4.40. The van der Waals surface area contributed by atoms with Gasteiger partial charge < -0.3 is 4.74 Å². The molecule has 0 amide bonds. The molecule has 0 spiro atoms. The molecule has 0 heterocycles. The highest BCUT2D eigenvalue weighted by atomic mass is 32.2. The van der Waals surface area contributed by atoms with E-state index in [-0.39, 0.29) is 6.61 Å². The third-order valence-corrected chi connectivity index (χ3v) is 2.48. The van der Waals surface area contributed by atoms with E-state index in [1.54, 1.807) is 0 Å². The molecule has 0 radical (unpaired) electrons. The van der Waals surface area contributed by atoms with E-state index in [2.05, 4.69) is 4.74 Å². The highest BCUT2D eigenvalue weighted by molar-refractivity contribution is 7.99. The first kappa shape index (κ1) is 12.4. The SMILES string of the molecule is FC(F)(F)COCCSc1ccccc1. The van der Waals surface area contributed by atoms with Crippen LogP contribution in [0.4, 0.5) is 13.2 Å². The first-order chi connectivity index (χ1) is 7.08. The normalized spacial score (nSPS) is 11.7. The maximum absolute atomic E-state index is 11.7. The van der Waals surface area contributed by atoms with Gasteiger partial charge in [0.25, 0.3) is 0 Å². The van der Waals surface area contributed by atoms with Crippen molar-refractivity contribution in [1.82, 2.24) is 0 Å². The van der Waals surface area contributed by atoms with E-state index in [4.69, 9.17) is 0 Å². The van der Waals surface area contributed by atoms with Crippen LogP contribution in [0.2, 0.25) is 0 Å². The highest BCUT2D eigenvalue weighted by Gasteiger charge is 2.27. The molecule has 0 saturated heterocycles. The molecular weight excluding hydrogens is 225 g/mol. The lowest BCUT2D eigenvalue weighted by Gasteiger charge is -2.07. The molecule has 0 saturated carbocycles. The molecule has 0 unspecified atom stereocenters. The first-order valence-corrected chi connectivity index (χ1v) is 5.39. The maximum Gasteiger partial charge on any atom is 0.411 e. The third-order valence-electron chi connectivity index (χ3n) is 1.51. The van der Waals surface area contributed by atoms with Crippen LogP contribution in [0, 0.1) is 0 Å². The molecule has 0 atom stereocenters. The molecule has 1 aromatic carbocycles. The molecule has 0 aliphatic rings. The number of benzene rings is 1. The number of thioether (sulfide) groups is 1. The van der Waals surface area contributed by atoms with Gasteiger partial charge in [-0.2, -0.15) is 13.2 Å². The second kappa shape index (κ2) is 6.02. The minimum absolute atomic E-state index is 0.110. The quantitative estimate of drug-likeness (QED) is 0.572. The maximum atomic E-state index is 11.7. The summed E-state index contributed by atoms with van der Waals surface area (Å²) in [4.78, 5) is 1.04. The van der Waals surface area contributed by atoms with Crippen LogP contribution in [0.1, 0.15) is 0 Å². The Labute approximate surface area is 90.6 Å². The van der Waals surface area contributed by atoms with Crippen LogP contribution < -0.4 is 0 Å². The fraction of sp³-hybridized carbons (Fsp3) is 0.400. The Bertz CT molecular complexity index is 274. The number of halogens is 3. The monoisotopic (exact) mass is 236 g/mol. The Balaban J connectivity index is 2.08. The molecule has 0 aromatic heterocycles. The van der Waals surface area contributed by atoms with Gasteiger partial charge in [0.05, 0.1) is 6.61 Å². The average molecular weight is 236 g/mol. The van der Waals surface area contributed by atoms with Crippen molar-refractivity contribution < 1.29 is 17.9 Å². The molecule has 0 aliphatic carbocycles. The Hall–Kier alpha value is -0.680. The summed E-state index contributed by atoms with van der Waals surface area (Å²) in [6.07, 6.45) is -4.22. The van der Waals surface area contributed by atoms with Crippen molar-refractivity contribution in [3.05, 3.63) is 30.3 Å². The molecule has 0 bridgehead atoms. The lowest BCUT2D eigenvalue weighted by Crippen LogP contribution is -2.17. The number of alkyl halides is 3. The molecule has 0 N–H and O–H groups in total. The Kier molecular flexibility index (Phi) is 4.98. The van der Waals surface area contributed by atoms with Gasteiger partial charge in [0.1, 0.15) is 6.61 Å². The average Bonchev–Trinajstić information content (AvgIpc) is 2.17. The lowest BCUT2D eigenvalue weighted by atomic mass is 10.4. The van der Waals surface area contributed by atoms with Crippen molar-refractivity contribution in [2.24, 2.45) is 0 Å². The molecular formula is C10H11F3OS. The number of ether oxygens (including phenoxy) is 1. The van der Waals surface area contributed by atoms with Crippen molar-refractivity contribution in [2.45, 2.75) is 11.1 Å². The van der Waals surface area contributed by atoms with Crippen molar-refractivity contribution in [1.29, 1.82) is 0 Å². The van der Waals surface area contributed by atoms with Crippen LogP contribution in [-0.4, -0.2) is 25.1 Å². The van der Waals surface area contributed by atoms with Crippen molar-refractivity contribution in [3.63, 3.8) is 0 Å². The minimum Gasteiger partial charge on any atom is -0.371 e. The summed E-state index contributed by atoms with van der Waals surface area (Å²) in [7, 11) is 0. The zero-order valence-corrected chi connectivity index (χ0v) is 8.77. The fourth-order valence-corrected chi connectivity index (χ4v) is 1.71. The predicted molar refractivity (Wildman–Crippen MR) is 54.0 cm³/mol. The topological polar surface area (TPSA) is 9.23 Å². The highest BCUT2D eigenvalue weighted by Crippen LogP contribution is 2.18. The summed E-state index contributed by atoms with van der Waals surface area (Å²) in [5.74, 6) is 0.528. The number of rotatable bonds is 5. The smallest absolute Gasteiger partial charge is 0.371 e. The van der Waals surface area contributed by atoms with Crippen LogP contribution in [-0.2, 0) is 4.74 Å². The van der Waals surface area contributed by atoms with E-state index in [1.807, 2.05) is 30.3 Å². The van der Waals surface area contributed by atoms with Crippen LogP contribution in [0.5, 0.6) is 0 Å². The second-order valence-electron chi connectivity index (χ2n) is 2.83. The van der Waals surface area contributed by atoms with Gasteiger partial charge in [-0.05, 0) is 12.1 Å². The summed E-state index contributed by atoms with van der Waals surface area (Å²) in [6.45, 7) is -1.05. The molecule has 15 heavy (non-hydrogen) atoms. The van der Waals surface area contributed by atoms with Gasteiger partial charge in [0.15, 0.2) is 0 Å². The predicted octanol–water partition coefficient (Wildman–Crippen LogP) is 3.36. The molecule has 1 rings (SSSR count). The van der Waals surface area contributed by atoms with Gasteiger partial charge in [0, 0.05) is 10.6 Å².